The number of ether oxygens (including phenoxy) is 1. The van der Waals surface area contributed by atoms with Crippen LogP contribution >= 0.6 is 0 Å². The molecule has 0 saturated carbocycles. The minimum atomic E-state index is -0.135. The second-order valence-corrected chi connectivity index (χ2v) is 5.49. The first-order valence-electron chi connectivity index (χ1n) is 6.30. The quantitative estimate of drug-likeness (QED) is 0.771. The predicted molar refractivity (Wildman–Crippen MR) is 73.5 cm³/mol. The summed E-state index contributed by atoms with van der Waals surface area (Å²) in [4.78, 5) is 14.9. The fraction of sp³-hybridized carbons (Fsp3) is 0.250. The number of nitrogens with zero attached hydrogens (tertiary/aromatic N) is 1. The van der Waals surface area contributed by atoms with Crippen molar-refractivity contribution in [2.45, 2.75) is 25.9 Å². The highest BCUT2D eigenvalue weighted by atomic mass is 16.5. The van der Waals surface area contributed by atoms with Crippen molar-refractivity contribution in [1.29, 1.82) is 0 Å². The lowest BCUT2D eigenvalue weighted by atomic mass is 9.98. The van der Waals surface area contributed by atoms with Crippen LogP contribution < -0.4 is 4.74 Å². The normalized spacial score (nSPS) is 15.7. The zero-order chi connectivity index (χ0) is 13.5. The second-order valence-electron chi connectivity index (χ2n) is 5.49. The summed E-state index contributed by atoms with van der Waals surface area (Å²) in [6.45, 7) is 4.17. The first-order chi connectivity index (χ1) is 9.07. The standard InChI is InChI=1S/C16H15NO2/c1-16(2)7-13-6-12(3-4-15(13)19-16)14-5-11(10-18)8-17-9-14/h3-6,8-10H,7H2,1-2H3. The lowest BCUT2D eigenvalue weighted by Gasteiger charge is -2.16. The van der Waals surface area contributed by atoms with Crippen molar-refractivity contribution in [3.8, 4) is 16.9 Å². The van der Waals surface area contributed by atoms with Gasteiger partial charge in [0, 0.05) is 29.9 Å². The van der Waals surface area contributed by atoms with Crippen molar-refractivity contribution in [2.75, 3.05) is 0 Å². The van der Waals surface area contributed by atoms with Gasteiger partial charge in [-0.15, -0.1) is 0 Å². The number of aromatic nitrogens is 1. The van der Waals surface area contributed by atoms with Crippen LogP contribution in [0, 0.1) is 0 Å². The third kappa shape index (κ3) is 2.24. The number of pyridine rings is 1. The first-order valence-corrected chi connectivity index (χ1v) is 6.30. The summed E-state index contributed by atoms with van der Waals surface area (Å²) in [5.74, 6) is 0.952. The molecule has 0 bridgehead atoms. The van der Waals surface area contributed by atoms with Gasteiger partial charge < -0.3 is 4.74 Å². The summed E-state index contributed by atoms with van der Waals surface area (Å²) < 4.78 is 5.86. The molecular formula is C16H15NO2. The van der Waals surface area contributed by atoms with Gasteiger partial charge in [0.05, 0.1) is 0 Å². The Morgan fingerprint density at radius 2 is 2.05 bits per heavy atom. The molecule has 1 aromatic carbocycles. The minimum Gasteiger partial charge on any atom is -0.487 e. The molecule has 3 rings (SSSR count). The molecule has 3 nitrogen and oxygen atoms in total. The molecule has 0 radical (unpaired) electrons. The lowest BCUT2D eigenvalue weighted by molar-refractivity contribution is 0.112. The molecule has 0 amide bonds. The summed E-state index contributed by atoms with van der Waals surface area (Å²) in [5, 5.41) is 0. The number of hydrogen-bond donors (Lipinski definition) is 0. The van der Waals surface area contributed by atoms with Crippen LogP contribution in [0.25, 0.3) is 11.1 Å². The van der Waals surface area contributed by atoms with E-state index in [1.54, 1.807) is 12.4 Å². The Balaban J connectivity index is 2.02. The van der Waals surface area contributed by atoms with Crippen LogP contribution in [-0.4, -0.2) is 16.9 Å². The Labute approximate surface area is 112 Å². The monoisotopic (exact) mass is 253 g/mol. The number of carbonyl (C=O) groups excluding carboxylic acids is 1. The molecule has 3 heteroatoms. The van der Waals surface area contributed by atoms with E-state index in [1.165, 1.54) is 5.56 Å². The van der Waals surface area contributed by atoms with Gasteiger partial charge in [-0.25, -0.2) is 0 Å². The Morgan fingerprint density at radius 1 is 1.21 bits per heavy atom. The summed E-state index contributed by atoms with van der Waals surface area (Å²) in [7, 11) is 0. The van der Waals surface area contributed by atoms with Crippen molar-refractivity contribution >= 4 is 6.29 Å². The molecule has 0 saturated heterocycles. The fourth-order valence-corrected chi connectivity index (χ4v) is 2.47. The maximum Gasteiger partial charge on any atom is 0.151 e. The molecule has 0 fully saturated rings. The Morgan fingerprint density at radius 3 is 2.84 bits per heavy atom. The third-order valence-electron chi connectivity index (χ3n) is 3.29. The lowest BCUT2D eigenvalue weighted by Crippen LogP contribution is -2.24. The van der Waals surface area contributed by atoms with E-state index in [2.05, 4.69) is 24.9 Å². The zero-order valence-electron chi connectivity index (χ0n) is 11.0. The Hall–Kier alpha value is -2.16. The molecule has 1 aliphatic heterocycles. The van der Waals surface area contributed by atoms with Gasteiger partial charge in [0.25, 0.3) is 0 Å². The molecule has 0 aliphatic carbocycles. The van der Waals surface area contributed by atoms with Crippen LogP contribution in [0.15, 0.2) is 36.7 Å². The van der Waals surface area contributed by atoms with E-state index in [0.29, 0.717) is 5.56 Å². The van der Waals surface area contributed by atoms with Crippen molar-refractivity contribution in [3.63, 3.8) is 0 Å². The number of rotatable bonds is 2. The van der Waals surface area contributed by atoms with Crippen molar-refractivity contribution < 1.29 is 9.53 Å². The highest BCUT2D eigenvalue weighted by Crippen LogP contribution is 2.37. The number of aldehydes is 1. The van der Waals surface area contributed by atoms with Crippen molar-refractivity contribution in [3.05, 3.63) is 47.8 Å². The maximum absolute atomic E-state index is 10.8. The molecular weight excluding hydrogens is 238 g/mol. The molecule has 19 heavy (non-hydrogen) atoms. The summed E-state index contributed by atoms with van der Waals surface area (Å²) in [6, 6.07) is 7.97. The fourth-order valence-electron chi connectivity index (χ4n) is 2.47. The van der Waals surface area contributed by atoms with E-state index in [1.807, 2.05) is 18.2 Å². The van der Waals surface area contributed by atoms with E-state index in [4.69, 9.17) is 4.74 Å². The summed E-state index contributed by atoms with van der Waals surface area (Å²) >= 11 is 0. The summed E-state index contributed by atoms with van der Waals surface area (Å²) in [6.07, 6.45) is 5.05. The minimum absolute atomic E-state index is 0.135. The van der Waals surface area contributed by atoms with E-state index in [0.717, 1.165) is 29.6 Å². The van der Waals surface area contributed by atoms with Gasteiger partial charge in [0.1, 0.15) is 11.4 Å². The van der Waals surface area contributed by atoms with Gasteiger partial charge in [-0.1, -0.05) is 6.07 Å². The number of carbonyl (C=O) groups is 1. The van der Waals surface area contributed by atoms with Crippen molar-refractivity contribution in [2.24, 2.45) is 0 Å². The van der Waals surface area contributed by atoms with Gasteiger partial charge in [0.15, 0.2) is 6.29 Å². The number of hydrogen-bond acceptors (Lipinski definition) is 3. The van der Waals surface area contributed by atoms with Crippen LogP contribution in [0.3, 0.4) is 0 Å². The van der Waals surface area contributed by atoms with E-state index < -0.39 is 0 Å². The van der Waals surface area contributed by atoms with Gasteiger partial charge in [-0.3, -0.25) is 9.78 Å². The van der Waals surface area contributed by atoms with Gasteiger partial charge >= 0.3 is 0 Å². The van der Waals surface area contributed by atoms with Crippen LogP contribution in [-0.2, 0) is 6.42 Å². The van der Waals surface area contributed by atoms with E-state index in [9.17, 15) is 4.79 Å². The average Bonchev–Trinajstić information content (AvgIpc) is 2.71. The van der Waals surface area contributed by atoms with Crippen LogP contribution in [0.2, 0.25) is 0 Å². The van der Waals surface area contributed by atoms with Crippen LogP contribution in [0.5, 0.6) is 5.75 Å². The molecule has 0 atom stereocenters. The first kappa shape index (κ1) is 11.9. The topological polar surface area (TPSA) is 39.2 Å². The number of benzene rings is 1. The molecule has 0 N–H and O–H groups in total. The van der Waals surface area contributed by atoms with Gasteiger partial charge in [0.2, 0.25) is 0 Å². The molecule has 2 heterocycles. The largest absolute Gasteiger partial charge is 0.487 e. The Bertz CT molecular complexity index is 647. The smallest absolute Gasteiger partial charge is 0.151 e. The van der Waals surface area contributed by atoms with Crippen LogP contribution in [0.1, 0.15) is 29.8 Å². The highest BCUT2D eigenvalue weighted by Gasteiger charge is 2.29. The van der Waals surface area contributed by atoms with Crippen molar-refractivity contribution in [1.82, 2.24) is 4.98 Å². The number of fused-ring (bicyclic) bond motifs is 1. The zero-order valence-corrected chi connectivity index (χ0v) is 11.0. The molecule has 1 aliphatic rings. The molecule has 0 spiro atoms. The SMILES string of the molecule is CC1(C)Cc2cc(-c3cncc(C=O)c3)ccc2O1. The third-order valence-corrected chi connectivity index (χ3v) is 3.29. The van der Waals surface area contributed by atoms with Gasteiger partial charge in [-0.05, 0) is 43.2 Å². The molecule has 1 aromatic heterocycles. The predicted octanol–water partition coefficient (Wildman–Crippen LogP) is 3.27. The van der Waals surface area contributed by atoms with E-state index >= 15 is 0 Å². The van der Waals surface area contributed by atoms with Crippen LogP contribution in [0.4, 0.5) is 0 Å². The molecule has 2 aromatic rings. The summed E-state index contributed by atoms with van der Waals surface area (Å²) in [5.41, 5.74) is 3.69. The second kappa shape index (κ2) is 4.19. The average molecular weight is 253 g/mol. The highest BCUT2D eigenvalue weighted by molar-refractivity contribution is 5.78. The molecule has 0 unspecified atom stereocenters. The van der Waals surface area contributed by atoms with E-state index in [-0.39, 0.29) is 5.60 Å². The van der Waals surface area contributed by atoms with Gasteiger partial charge in [-0.2, -0.15) is 0 Å². The molecule has 96 valence electrons. The maximum atomic E-state index is 10.8. The Kier molecular flexibility index (Phi) is 2.63.